The van der Waals surface area contributed by atoms with E-state index in [0.29, 0.717) is 0 Å². The number of hydrogen-bond acceptors (Lipinski definition) is 2. The van der Waals surface area contributed by atoms with Gasteiger partial charge < -0.3 is 5.32 Å². The molecule has 0 spiro atoms. The van der Waals surface area contributed by atoms with Gasteiger partial charge in [-0.15, -0.1) is 11.8 Å². The lowest BCUT2D eigenvalue weighted by Crippen LogP contribution is -2.17. The number of rotatable bonds is 5. The maximum atomic E-state index is 13.0. The molecule has 19 heavy (non-hydrogen) atoms. The van der Waals surface area contributed by atoms with Crippen molar-refractivity contribution in [2.24, 2.45) is 0 Å². The van der Waals surface area contributed by atoms with E-state index in [-0.39, 0.29) is 11.9 Å². The molecular weight excluding hydrogens is 257 g/mol. The fourth-order valence-electron chi connectivity index (χ4n) is 2.10. The first-order valence-corrected chi connectivity index (χ1v) is 7.38. The quantitative estimate of drug-likeness (QED) is 0.819. The molecule has 0 heterocycles. The highest BCUT2D eigenvalue weighted by molar-refractivity contribution is 7.99. The summed E-state index contributed by atoms with van der Waals surface area (Å²) in [7, 11) is 1.92. The Labute approximate surface area is 118 Å². The lowest BCUT2D eigenvalue weighted by atomic mass is 9.99. The maximum Gasteiger partial charge on any atom is 0.123 e. The molecule has 3 heteroatoms. The summed E-state index contributed by atoms with van der Waals surface area (Å²) in [6.45, 7) is 2.15. The van der Waals surface area contributed by atoms with Gasteiger partial charge in [-0.2, -0.15) is 0 Å². The molecule has 0 aliphatic carbocycles. The molecule has 0 bridgehead atoms. The zero-order chi connectivity index (χ0) is 13.7. The molecule has 100 valence electrons. The van der Waals surface area contributed by atoms with Crippen LogP contribution in [-0.4, -0.2) is 12.8 Å². The second-order valence-corrected chi connectivity index (χ2v) is 5.61. The molecule has 2 aromatic carbocycles. The van der Waals surface area contributed by atoms with Crippen LogP contribution in [0.4, 0.5) is 4.39 Å². The SMILES string of the molecule is CCSc1ccc(C(NC)c2ccc(F)cc2)cc1. The molecule has 0 saturated carbocycles. The highest BCUT2D eigenvalue weighted by Gasteiger charge is 2.11. The Morgan fingerprint density at radius 1 is 1.00 bits per heavy atom. The first kappa shape index (κ1) is 14.1. The normalized spacial score (nSPS) is 12.4. The van der Waals surface area contributed by atoms with Crippen LogP contribution in [0.15, 0.2) is 53.4 Å². The van der Waals surface area contributed by atoms with Gasteiger partial charge in [-0.05, 0) is 48.2 Å². The van der Waals surface area contributed by atoms with E-state index < -0.39 is 0 Å². The van der Waals surface area contributed by atoms with Gasteiger partial charge in [0.1, 0.15) is 5.82 Å². The van der Waals surface area contributed by atoms with Crippen molar-refractivity contribution in [3.8, 4) is 0 Å². The fourth-order valence-corrected chi connectivity index (χ4v) is 2.77. The minimum Gasteiger partial charge on any atom is -0.309 e. The molecule has 1 nitrogen and oxygen atoms in total. The monoisotopic (exact) mass is 275 g/mol. The summed E-state index contributed by atoms with van der Waals surface area (Å²) in [6.07, 6.45) is 0. The standard InChI is InChI=1S/C16H18FNS/c1-3-19-15-10-6-13(7-11-15)16(18-2)12-4-8-14(17)9-5-12/h4-11,16,18H,3H2,1-2H3. The van der Waals surface area contributed by atoms with Crippen molar-refractivity contribution < 1.29 is 4.39 Å². The lowest BCUT2D eigenvalue weighted by Gasteiger charge is -2.17. The van der Waals surface area contributed by atoms with Crippen LogP contribution in [0, 0.1) is 5.82 Å². The minimum absolute atomic E-state index is 0.0984. The van der Waals surface area contributed by atoms with Crippen molar-refractivity contribution in [1.29, 1.82) is 0 Å². The van der Waals surface area contributed by atoms with E-state index in [1.54, 1.807) is 0 Å². The average Bonchev–Trinajstić information content (AvgIpc) is 2.44. The van der Waals surface area contributed by atoms with E-state index in [2.05, 4.69) is 36.5 Å². The second kappa shape index (κ2) is 6.73. The maximum absolute atomic E-state index is 13.0. The molecule has 1 atom stereocenters. The summed E-state index contributed by atoms with van der Waals surface area (Å²) >= 11 is 1.83. The summed E-state index contributed by atoms with van der Waals surface area (Å²) in [5.41, 5.74) is 2.26. The molecule has 0 radical (unpaired) electrons. The summed E-state index contributed by atoms with van der Waals surface area (Å²) in [6, 6.07) is 15.3. The smallest absolute Gasteiger partial charge is 0.123 e. The van der Waals surface area contributed by atoms with E-state index in [1.165, 1.54) is 22.6 Å². The molecule has 2 rings (SSSR count). The Kier molecular flexibility index (Phi) is 5.00. The molecular formula is C16H18FNS. The van der Waals surface area contributed by atoms with Crippen LogP contribution in [-0.2, 0) is 0 Å². The van der Waals surface area contributed by atoms with Gasteiger partial charge in [-0.25, -0.2) is 4.39 Å². The number of thioether (sulfide) groups is 1. The summed E-state index contributed by atoms with van der Waals surface area (Å²) in [4.78, 5) is 1.28. The van der Waals surface area contributed by atoms with E-state index in [9.17, 15) is 4.39 Å². The molecule has 0 amide bonds. The predicted molar refractivity (Wildman–Crippen MR) is 80.1 cm³/mol. The van der Waals surface area contributed by atoms with Crippen LogP contribution in [0.25, 0.3) is 0 Å². The van der Waals surface area contributed by atoms with Crippen LogP contribution in [0.1, 0.15) is 24.1 Å². The Morgan fingerprint density at radius 2 is 1.53 bits per heavy atom. The first-order chi connectivity index (χ1) is 9.24. The molecule has 0 saturated heterocycles. The van der Waals surface area contributed by atoms with E-state index >= 15 is 0 Å². The summed E-state index contributed by atoms with van der Waals surface area (Å²) in [5, 5.41) is 3.28. The molecule has 2 aromatic rings. The average molecular weight is 275 g/mol. The molecule has 0 aromatic heterocycles. The van der Waals surface area contributed by atoms with Gasteiger partial charge in [-0.3, -0.25) is 0 Å². The highest BCUT2D eigenvalue weighted by Crippen LogP contribution is 2.25. The van der Waals surface area contributed by atoms with Crippen LogP contribution in [0.5, 0.6) is 0 Å². The molecule has 0 aliphatic rings. The van der Waals surface area contributed by atoms with Crippen LogP contribution in [0.3, 0.4) is 0 Å². The van der Waals surface area contributed by atoms with Crippen molar-refractivity contribution in [3.05, 3.63) is 65.5 Å². The van der Waals surface area contributed by atoms with Crippen molar-refractivity contribution in [3.63, 3.8) is 0 Å². The molecule has 1 N–H and O–H groups in total. The Bertz CT molecular complexity index is 507. The largest absolute Gasteiger partial charge is 0.309 e. The van der Waals surface area contributed by atoms with Gasteiger partial charge >= 0.3 is 0 Å². The van der Waals surface area contributed by atoms with Gasteiger partial charge in [0.05, 0.1) is 6.04 Å². The van der Waals surface area contributed by atoms with Crippen LogP contribution >= 0.6 is 11.8 Å². The number of hydrogen-bond donors (Lipinski definition) is 1. The number of nitrogens with one attached hydrogen (secondary N) is 1. The topological polar surface area (TPSA) is 12.0 Å². The Hall–Kier alpha value is -1.32. The highest BCUT2D eigenvalue weighted by atomic mass is 32.2. The Balaban J connectivity index is 2.23. The van der Waals surface area contributed by atoms with Gasteiger partial charge in [0, 0.05) is 4.90 Å². The lowest BCUT2D eigenvalue weighted by molar-refractivity contribution is 0.623. The van der Waals surface area contributed by atoms with Crippen molar-refractivity contribution >= 4 is 11.8 Å². The first-order valence-electron chi connectivity index (χ1n) is 6.40. The third-order valence-electron chi connectivity index (χ3n) is 3.02. The summed E-state index contributed by atoms with van der Waals surface area (Å²) < 4.78 is 13.0. The van der Waals surface area contributed by atoms with E-state index in [4.69, 9.17) is 0 Å². The number of halogens is 1. The minimum atomic E-state index is -0.201. The predicted octanol–water partition coefficient (Wildman–Crippen LogP) is 4.25. The zero-order valence-electron chi connectivity index (χ0n) is 11.2. The van der Waals surface area contributed by atoms with Crippen LogP contribution in [0.2, 0.25) is 0 Å². The van der Waals surface area contributed by atoms with Crippen LogP contribution < -0.4 is 5.32 Å². The fraction of sp³-hybridized carbons (Fsp3) is 0.250. The van der Waals surface area contributed by atoms with Crippen molar-refractivity contribution in [2.75, 3.05) is 12.8 Å². The van der Waals surface area contributed by atoms with E-state index in [0.717, 1.165) is 11.3 Å². The van der Waals surface area contributed by atoms with Gasteiger partial charge in [0.15, 0.2) is 0 Å². The zero-order valence-corrected chi connectivity index (χ0v) is 12.0. The van der Waals surface area contributed by atoms with E-state index in [1.807, 2.05) is 30.9 Å². The number of benzene rings is 2. The second-order valence-electron chi connectivity index (χ2n) is 4.28. The van der Waals surface area contributed by atoms with Crippen molar-refractivity contribution in [1.82, 2.24) is 5.32 Å². The van der Waals surface area contributed by atoms with Gasteiger partial charge in [0.2, 0.25) is 0 Å². The van der Waals surface area contributed by atoms with Gasteiger partial charge in [-0.1, -0.05) is 31.2 Å². The third-order valence-corrected chi connectivity index (χ3v) is 3.91. The third kappa shape index (κ3) is 3.58. The van der Waals surface area contributed by atoms with Crippen molar-refractivity contribution in [2.45, 2.75) is 17.9 Å². The summed E-state index contributed by atoms with van der Waals surface area (Å²) in [5.74, 6) is 0.876. The Morgan fingerprint density at radius 3 is 2.00 bits per heavy atom. The molecule has 1 unspecified atom stereocenters. The molecule has 0 aliphatic heterocycles. The molecule has 0 fully saturated rings. The van der Waals surface area contributed by atoms with Gasteiger partial charge in [0.25, 0.3) is 0 Å².